The zero-order valence-electron chi connectivity index (χ0n) is 19.2. The monoisotopic (exact) mass is 493 g/mol. The number of carbonyl (C=O) groups excluding carboxylic acids is 1. The maximum absolute atomic E-state index is 14.4. The summed E-state index contributed by atoms with van der Waals surface area (Å²) in [6.07, 6.45) is 2.08. The molecule has 2 aromatic carbocycles. The standard InChI is InChI=1S/C25H24FN5OS2/c1-15-7-6-10-22(16(15)2)30(17(3)32)24-27-18(13-33-24)14-34-25-29-28-23(31(25)19-11-12-19)20-8-4-5-9-21(20)26/h4-10,13,19H,11-12,14H2,1-3H3. The molecule has 1 aliphatic carbocycles. The van der Waals surface area contributed by atoms with E-state index in [2.05, 4.69) is 10.2 Å². The van der Waals surface area contributed by atoms with Crippen LogP contribution in [0.4, 0.5) is 15.2 Å². The number of thiazole rings is 1. The molecule has 1 amide bonds. The predicted molar refractivity (Wildman–Crippen MR) is 134 cm³/mol. The minimum Gasteiger partial charge on any atom is -0.299 e. The number of aryl methyl sites for hydroxylation is 1. The molecule has 1 fully saturated rings. The van der Waals surface area contributed by atoms with Crippen LogP contribution in [0.15, 0.2) is 53.0 Å². The number of aromatic nitrogens is 4. The van der Waals surface area contributed by atoms with Crippen molar-refractivity contribution in [2.75, 3.05) is 4.90 Å². The minimum atomic E-state index is -0.298. The Bertz CT molecular complexity index is 1360. The molecule has 1 aliphatic rings. The largest absolute Gasteiger partial charge is 0.299 e. The van der Waals surface area contributed by atoms with Gasteiger partial charge in [-0.05, 0) is 56.0 Å². The van der Waals surface area contributed by atoms with E-state index < -0.39 is 0 Å². The average molecular weight is 494 g/mol. The van der Waals surface area contributed by atoms with Crippen molar-refractivity contribution in [2.24, 2.45) is 0 Å². The molecule has 0 N–H and O–H groups in total. The summed E-state index contributed by atoms with van der Waals surface area (Å²) in [7, 11) is 0. The van der Waals surface area contributed by atoms with Gasteiger partial charge in [0.2, 0.25) is 5.91 Å². The van der Waals surface area contributed by atoms with Gasteiger partial charge in [0.1, 0.15) is 5.82 Å². The van der Waals surface area contributed by atoms with Crippen molar-refractivity contribution in [1.29, 1.82) is 0 Å². The van der Waals surface area contributed by atoms with Crippen LogP contribution in [0.5, 0.6) is 0 Å². The summed E-state index contributed by atoms with van der Waals surface area (Å²) in [4.78, 5) is 18.9. The molecule has 0 radical (unpaired) electrons. The summed E-state index contributed by atoms with van der Waals surface area (Å²) in [5, 5.41) is 12.1. The molecule has 5 rings (SSSR count). The number of thioether (sulfide) groups is 1. The van der Waals surface area contributed by atoms with E-state index in [4.69, 9.17) is 4.98 Å². The third-order valence-electron chi connectivity index (χ3n) is 5.90. The van der Waals surface area contributed by atoms with E-state index in [1.165, 1.54) is 29.2 Å². The minimum absolute atomic E-state index is 0.0785. The predicted octanol–water partition coefficient (Wildman–Crippen LogP) is 6.47. The first-order chi connectivity index (χ1) is 16.4. The normalized spacial score (nSPS) is 13.3. The molecule has 9 heteroatoms. The van der Waals surface area contributed by atoms with Crippen molar-refractivity contribution >= 4 is 39.8 Å². The number of anilines is 2. The Morgan fingerprint density at radius 3 is 2.71 bits per heavy atom. The van der Waals surface area contributed by atoms with Gasteiger partial charge >= 0.3 is 0 Å². The maximum atomic E-state index is 14.4. The Morgan fingerprint density at radius 2 is 1.97 bits per heavy atom. The quantitative estimate of drug-likeness (QED) is 0.276. The molecule has 0 unspecified atom stereocenters. The topological polar surface area (TPSA) is 63.9 Å². The average Bonchev–Trinajstić information content (AvgIpc) is 3.40. The lowest BCUT2D eigenvalue weighted by molar-refractivity contribution is -0.115. The number of rotatable bonds is 7. The lowest BCUT2D eigenvalue weighted by Gasteiger charge is -2.21. The summed E-state index contributed by atoms with van der Waals surface area (Å²) in [5.74, 6) is 0.773. The second-order valence-electron chi connectivity index (χ2n) is 8.37. The molecule has 0 spiro atoms. The van der Waals surface area contributed by atoms with Crippen LogP contribution in [-0.4, -0.2) is 25.7 Å². The van der Waals surface area contributed by atoms with Gasteiger partial charge in [0, 0.05) is 24.1 Å². The zero-order chi connectivity index (χ0) is 23.8. The molecule has 1 saturated carbocycles. The molecule has 0 bridgehead atoms. The third-order valence-corrected chi connectivity index (χ3v) is 7.75. The van der Waals surface area contributed by atoms with E-state index >= 15 is 0 Å². The lowest BCUT2D eigenvalue weighted by Crippen LogP contribution is -2.23. The highest BCUT2D eigenvalue weighted by atomic mass is 32.2. The van der Waals surface area contributed by atoms with Crippen molar-refractivity contribution < 1.29 is 9.18 Å². The smallest absolute Gasteiger partial charge is 0.230 e. The molecule has 6 nitrogen and oxygen atoms in total. The molecule has 2 aromatic heterocycles. The van der Waals surface area contributed by atoms with Gasteiger partial charge in [0.05, 0.1) is 16.9 Å². The van der Waals surface area contributed by atoms with Crippen LogP contribution in [0.2, 0.25) is 0 Å². The first-order valence-corrected chi connectivity index (χ1v) is 12.9. The molecule has 4 aromatic rings. The van der Waals surface area contributed by atoms with Gasteiger partial charge in [-0.3, -0.25) is 14.3 Å². The van der Waals surface area contributed by atoms with Crippen LogP contribution in [0.3, 0.4) is 0 Å². The highest BCUT2D eigenvalue weighted by molar-refractivity contribution is 7.98. The molecular formula is C25H24FN5OS2. The molecule has 174 valence electrons. The van der Waals surface area contributed by atoms with Gasteiger partial charge in [-0.15, -0.1) is 21.5 Å². The van der Waals surface area contributed by atoms with Gasteiger partial charge in [0.25, 0.3) is 0 Å². The lowest BCUT2D eigenvalue weighted by atomic mass is 10.1. The van der Waals surface area contributed by atoms with Gasteiger partial charge < -0.3 is 0 Å². The summed E-state index contributed by atoms with van der Waals surface area (Å²) in [6.45, 7) is 5.61. The number of hydrogen-bond acceptors (Lipinski definition) is 6. The Morgan fingerprint density at radius 1 is 1.18 bits per heavy atom. The van der Waals surface area contributed by atoms with Crippen LogP contribution in [0.1, 0.15) is 42.6 Å². The Kier molecular flexibility index (Phi) is 6.22. The molecule has 0 atom stereocenters. The number of carbonyl (C=O) groups is 1. The maximum Gasteiger partial charge on any atom is 0.230 e. The molecule has 2 heterocycles. The van der Waals surface area contributed by atoms with Gasteiger partial charge in [-0.2, -0.15) is 0 Å². The Labute approximate surface area is 205 Å². The highest BCUT2D eigenvalue weighted by Gasteiger charge is 2.31. The molecule has 0 saturated heterocycles. The second kappa shape index (κ2) is 9.31. The van der Waals surface area contributed by atoms with E-state index in [1.807, 2.05) is 48.1 Å². The van der Waals surface area contributed by atoms with E-state index in [9.17, 15) is 9.18 Å². The van der Waals surface area contributed by atoms with E-state index in [0.717, 1.165) is 40.5 Å². The van der Waals surface area contributed by atoms with E-state index in [-0.39, 0.29) is 11.7 Å². The summed E-state index contributed by atoms with van der Waals surface area (Å²) < 4.78 is 16.5. The summed E-state index contributed by atoms with van der Waals surface area (Å²) >= 11 is 2.98. The van der Waals surface area contributed by atoms with E-state index in [0.29, 0.717) is 28.3 Å². The van der Waals surface area contributed by atoms with Crippen molar-refractivity contribution in [1.82, 2.24) is 19.7 Å². The first-order valence-electron chi connectivity index (χ1n) is 11.1. The van der Waals surface area contributed by atoms with Crippen molar-refractivity contribution in [3.63, 3.8) is 0 Å². The number of hydrogen-bond donors (Lipinski definition) is 0. The SMILES string of the molecule is CC(=O)N(c1nc(CSc2nnc(-c3ccccc3F)n2C2CC2)cs1)c1cccc(C)c1C. The van der Waals surface area contributed by atoms with Crippen molar-refractivity contribution in [3.05, 3.63) is 70.5 Å². The summed E-state index contributed by atoms with van der Waals surface area (Å²) in [5.41, 5.74) is 4.36. The van der Waals surface area contributed by atoms with Crippen molar-refractivity contribution in [3.8, 4) is 11.4 Å². The van der Waals surface area contributed by atoms with Crippen LogP contribution in [0, 0.1) is 19.7 Å². The number of amides is 1. The summed E-state index contributed by atoms with van der Waals surface area (Å²) in [6, 6.07) is 12.9. The van der Waals surface area contributed by atoms with Crippen LogP contribution < -0.4 is 4.90 Å². The fourth-order valence-corrected chi connectivity index (χ4v) is 5.74. The molecule has 0 aliphatic heterocycles. The number of nitrogens with zero attached hydrogens (tertiary/aromatic N) is 5. The molecule has 34 heavy (non-hydrogen) atoms. The number of benzene rings is 2. The van der Waals surface area contributed by atoms with Crippen LogP contribution in [-0.2, 0) is 10.5 Å². The Balaban J connectivity index is 1.38. The highest BCUT2D eigenvalue weighted by Crippen LogP contribution is 2.42. The first kappa shape index (κ1) is 22.7. The number of halogens is 1. The third kappa shape index (κ3) is 4.37. The van der Waals surface area contributed by atoms with Crippen molar-refractivity contribution in [2.45, 2.75) is 50.6 Å². The van der Waals surface area contributed by atoms with Gasteiger partial charge in [-0.25, -0.2) is 9.37 Å². The zero-order valence-corrected chi connectivity index (χ0v) is 20.8. The second-order valence-corrected chi connectivity index (χ2v) is 10.1. The van der Waals surface area contributed by atoms with Gasteiger partial charge in [0.15, 0.2) is 16.1 Å². The fraction of sp³-hybridized carbons (Fsp3) is 0.280. The fourth-order valence-electron chi connectivity index (χ4n) is 3.85. The van der Waals surface area contributed by atoms with Gasteiger partial charge in [-0.1, -0.05) is 36.0 Å². The van der Waals surface area contributed by atoms with Crippen LogP contribution in [0.25, 0.3) is 11.4 Å². The van der Waals surface area contributed by atoms with Crippen LogP contribution >= 0.6 is 23.1 Å². The Hall–Kier alpha value is -3.04. The van der Waals surface area contributed by atoms with E-state index in [1.54, 1.807) is 24.0 Å². The molecular weight excluding hydrogens is 469 g/mol.